The van der Waals surface area contributed by atoms with Crippen molar-refractivity contribution >= 4 is 28.9 Å². The van der Waals surface area contributed by atoms with Crippen LogP contribution in [0.3, 0.4) is 0 Å². The van der Waals surface area contributed by atoms with Crippen molar-refractivity contribution in [2.45, 2.75) is 16.0 Å². The molecular weight excluding hydrogens is 246 g/mol. The van der Waals surface area contributed by atoms with Gasteiger partial charge in [0.1, 0.15) is 23.0 Å². The fraction of sp³-hybridized carbons (Fsp3) is 0.250. The van der Waals surface area contributed by atoms with Gasteiger partial charge in [-0.25, -0.2) is 9.97 Å². The lowest BCUT2D eigenvalue weighted by atomic mass is 10.5. The summed E-state index contributed by atoms with van der Waals surface area (Å²) in [5, 5.41) is 8.41. The Morgan fingerprint density at radius 3 is 3.06 bits per heavy atom. The Bertz CT molecular complexity index is 461. The fourth-order valence-corrected chi connectivity index (χ4v) is 2.49. The number of nitrogen functional groups attached to an aromatic ring is 1. The van der Waals surface area contributed by atoms with Gasteiger partial charge in [0.2, 0.25) is 0 Å². The standard InChI is InChI=1S/C8H9N5OS2/c1-14-3-6-11-5(9)2-7(12-6)16-8-13-10-4-15-8/h2,4H,3H2,1H3,(H2,9,11,12). The molecule has 6 nitrogen and oxygen atoms in total. The van der Waals surface area contributed by atoms with Crippen molar-refractivity contribution in [3.8, 4) is 0 Å². The van der Waals surface area contributed by atoms with Crippen molar-refractivity contribution < 1.29 is 4.74 Å². The van der Waals surface area contributed by atoms with E-state index in [1.165, 1.54) is 23.1 Å². The number of nitrogens with two attached hydrogens (primary N) is 1. The van der Waals surface area contributed by atoms with Crippen molar-refractivity contribution in [3.05, 3.63) is 17.4 Å². The van der Waals surface area contributed by atoms with E-state index in [0.717, 1.165) is 9.37 Å². The number of hydrogen-bond acceptors (Lipinski definition) is 8. The first-order valence-electron chi connectivity index (χ1n) is 4.34. The smallest absolute Gasteiger partial charge is 0.180 e. The molecule has 0 fully saturated rings. The summed E-state index contributed by atoms with van der Waals surface area (Å²) in [4.78, 5) is 8.33. The molecule has 0 saturated heterocycles. The Kier molecular flexibility index (Phi) is 3.65. The van der Waals surface area contributed by atoms with Gasteiger partial charge >= 0.3 is 0 Å². The quantitative estimate of drug-likeness (QED) is 0.821. The highest BCUT2D eigenvalue weighted by Crippen LogP contribution is 2.27. The number of rotatable bonds is 4. The molecule has 2 aromatic heterocycles. The first-order valence-corrected chi connectivity index (χ1v) is 6.04. The van der Waals surface area contributed by atoms with Gasteiger partial charge in [-0.3, -0.25) is 0 Å². The van der Waals surface area contributed by atoms with Crippen molar-refractivity contribution in [2.24, 2.45) is 0 Å². The maximum Gasteiger partial charge on any atom is 0.180 e. The molecule has 84 valence electrons. The minimum absolute atomic E-state index is 0.342. The van der Waals surface area contributed by atoms with Crippen LogP contribution in [0.4, 0.5) is 5.82 Å². The lowest BCUT2D eigenvalue weighted by Gasteiger charge is -2.02. The molecule has 0 saturated carbocycles. The van der Waals surface area contributed by atoms with Gasteiger partial charge in [-0.15, -0.1) is 10.2 Å². The number of methoxy groups -OCH3 is 1. The molecule has 8 heteroatoms. The summed E-state index contributed by atoms with van der Waals surface area (Å²) >= 11 is 2.86. The van der Waals surface area contributed by atoms with Gasteiger partial charge in [0, 0.05) is 13.2 Å². The molecular formula is C8H9N5OS2. The van der Waals surface area contributed by atoms with E-state index in [9.17, 15) is 0 Å². The second kappa shape index (κ2) is 5.19. The molecule has 0 radical (unpaired) electrons. The van der Waals surface area contributed by atoms with Crippen LogP contribution in [0.2, 0.25) is 0 Å². The number of hydrogen-bond donors (Lipinski definition) is 1. The van der Waals surface area contributed by atoms with Gasteiger partial charge in [0.05, 0.1) is 0 Å². The van der Waals surface area contributed by atoms with Gasteiger partial charge in [0.25, 0.3) is 0 Å². The Labute approximate surface area is 100 Å². The van der Waals surface area contributed by atoms with E-state index in [1.807, 2.05) is 0 Å². The third kappa shape index (κ3) is 2.87. The van der Waals surface area contributed by atoms with Crippen LogP contribution >= 0.6 is 23.1 Å². The molecule has 2 rings (SSSR count). The SMILES string of the molecule is COCc1nc(N)cc(Sc2nncs2)n1. The Morgan fingerprint density at radius 1 is 1.50 bits per heavy atom. The topological polar surface area (TPSA) is 86.8 Å². The van der Waals surface area contributed by atoms with E-state index in [0.29, 0.717) is 18.2 Å². The average Bonchev–Trinajstić information content (AvgIpc) is 2.70. The molecule has 0 atom stereocenters. The highest BCUT2D eigenvalue weighted by Gasteiger charge is 2.06. The first-order chi connectivity index (χ1) is 7.78. The van der Waals surface area contributed by atoms with Crippen LogP contribution in [0, 0.1) is 0 Å². The maximum absolute atomic E-state index is 5.67. The summed E-state index contributed by atoms with van der Waals surface area (Å²) < 4.78 is 5.78. The molecule has 0 amide bonds. The first kappa shape index (κ1) is 11.2. The number of ether oxygens (including phenoxy) is 1. The molecule has 2 heterocycles. The summed E-state index contributed by atoms with van der Waals surface area (Å²) in [7, 11) is 1.59. The lowest BCUT2D eigenvalue weighted by Crippen LogP contribution is -2.01. The number of nitrogens with zero attached hydrogens (tertiary/aromatic N) is 4. The van der Waals surface area contributed by atoms with E-state index in [4.69, 9.17) is 10.5 Å². The van der Waals surface area contributed by atoms with Crippen molar-refractivity contribution in [1.29, 1.82) is 0 Å². The zero-order valence-corrected chi connectivity index (χ0v) is 10.1. The molecule has 0 spiro atoms. The minimum Gasteiger partial charge on any atom is -0.384 e. The molecule has 0 aliphatic rings. The molecule has 0 aromatic carbocycles. The highest BCUT2D eigenvalue weighted by molar-refractivity contribution is 8.00. The highest BCUT2D eigenvalue weighted by atomic mass is 32.2. The van der Waals surface area contributed by atoms with Crippen LogP contribution in [-0.2, 0) is 11.3 Å². The van der Waals surface area contributed by atoms with Gasteiger partial charge in [0.15, 0.2) is 10.2 Å². The summed E-state index contributed by atoms with van der Waals surface area (Å²) in [5.41, 5.74) is 7.34. The number of aromatic nitrogens is 4. The molecule has 0 aliphatic heterocycles. The third-order valence-corrected chi connectivity index (χ3v) is 3.27. The third-order valence-electron chi connectivity index (χ3n) is 1.57. The molecule has 0 bridgehead atoms. The van der Waals surface area contributed by atoms with Crippen LogP contribution < -0.4 is 5.73 Å². The average molecular weight is 255 g/mol. The zero-order chi connectivity index (χ0) is 11.4. The van der Waals surface area contributed by atoms with Crippen molar-refractivity contribution in [1.82, 2.24) is 20.2 Å². The van der Waals surface area contributed by atoms with Gasteiger partial charge in [-0.05, 0) is 11.8 Å². The molecule has 0 unspecified atom stereocenters. The van der Waals surface area contributed by atoms with Crippen molar-refractivity contribution in [3.63, 3.8) is 0 Å². The summed E-state index contributed by atoms with van der Waals surface area (Å²) in [6.45, 7) is 0.342. The lowest BCUT2D eigenvalue weighted by molar-refractivity contribution is 0.177. The predicted molar refractivity (Wildman–Crippen MR) is 61.2 cm³/mol. The molecule has 2 aromatic rings. The normalized spacial score (nSPS) is 10.6. The molecule has 0 aliphatic carbocycles. The predicted octanol–water partition coefficient (Wildman–Crippen LogP) is 1.21. The Morgan fingerprint density at radius 2 is 2.38 bits per heavy atom. The summed E-state index contributed by atoms with van der Waals surface area (Å²) in [5.74, 6) is 0.989. The van der Waals surface area contributed by atoms with Crippen LogP contribution in [0.25, 0.3) is 0 Å². The zero-order valence-electron chi connectivity index (χ0n) is 8.45. The van der Waals surface area contributed by atoms with Gasteiger partial charge in [-0.2, -0.15) is 0 Å². The van der Waals surface area contributed by atoms with Crippen molar-refractivity contribution in [2.75, 3.05) is 12.8 Å². The van der Waals surface area contributed by atoms with E-state index < -0.39 is 0 Å². The van der Waals surface area contributed by atoms with Crippen LogP contribution in [-0.4, -0.2) is 27.3 Å². The van der Waals surface area contributed by atoms with Crippen LogP contribution in [0.15, 0.2) is 20.9 Å². The Hall–Kier alpha value is -1.25. The van der Waals surface area contributed by atoms with E-state index >= 15 is 0 Å². The monoisotopic (exact) mass is 255 g/mol. The van der Waals surface area contributed by atoms with Gasteiger partial charge in [-0.1, -0.05) is 11.3 Å². The Balaban J connectivity index is 2.20. The van der Waals surface area contributed by atoms with E-state index in [-0.39, 0.29) is 0 Å². The van der Waals surface area contributed by atoms with Gasteiger partial charge < -0.3 is 10.5 Å². The second-order valence-electron chi connectivity index (χ2n) is 2.79. The van der Waals surface area contributed by atoms with Crippen LogP contribution in [0.1, 0.15) is 5.82 Å². The fourth-order valence-electron chi connectivity index (χ4n) is 1.04. The summed E-state index contributed by atoms with van der Waals surface area (Å²) in [6, 6.07) is 1.70. The van der Waals surface area contributed by atoms with E-state index in [2.05, 4.69) is 20.2 Å². The summed E-state index contributed by atoms with van der Waals surface area (Å²) in [6.07, 6.45) is 0. The maximum atomic E-state index is 5.67. The molecule has 16 heavy (non-hydrogen) atoms. The molecule has 2 N–H and O–H groups in total. The second-order valence-corrected chi connectivity index (χ2v) is 4.89. The van der Waals surface area contributed by atoms with Crippen LogP contribution in [0.5, 0.6) is 0 Å². The largest absolute Gasteiger partial charge is 0.384 e. The number of anilines is 1. The van der Waals surface area contributed by atoms with E-state index in [1.54, 1.807) is 18.7 Å². The minimum atomic E-state index is 0.342.